The van der Waals surface area contributed by atoms with E-state index in [1.165, 1.54) is 11.3 Å². The Kier molecular flexibility index (Phi) is 5.50. The zero-order valence-electron chi connectivity index (χ0n) is 14.9. The molecular formula is C21H13ClN2O4S. The minimum absolute atomic E-state index is 0.121. The Morgan fingerprint density at radius 2 is 1.72 bits per heavy atom. The molecule has 0 N–H and O–H groups in total. The van der Waals surface area contributed by atoms with Crippen molar-refractivity contribution in [2.24, 2.45) is 0 Å². The molecule has 2 heterocycles. The smallest absolute Gasteiger partial charge is 0.339 e. The second kappa shape index (κ2) is 8.38. The van der Waals surface area contributed by atoms with E-state index < -0.39 is 5.97 Å². The SMILES string of the molecule is O=C(OCc1nnc(-c2ccccc2Cl)o1)c1ccccc1C(=O)c1cccs1. The van der Waals surface area contributed by atoms with E-state index in [0.29, 0.717) is 15.5 Å². The highest BCUT2D eigenvalue weighted by Gasteiger charge is 2.20. The Morgan fingerprint density at radius 3 is 2.48 bits per heavy atom. The van der Waals surface area contributed by atoms with Crippen molar-refractivity contribution in [1.29, 1.82) is 0 Å². The van der Waals surface area contributed by atoms with Gasteiger partial charge in [0.25, 0.3) is 5.89 Å². The number of nitrogens with zero attached hydrogens (tertiary/aromatic N) is 2. The second-order valence-electron chi connectivity index (χ2n) is 5.91. The van der Waals surface area contributed by atoms with Crippen LogP contribution in [0.4, 0.5) is 0 Å². The van der Waals surface area contributed by atoms with Gasteiger partial charge in [-0.15, -0.1) is 21.5 Å². The van der Waals surface area contributed by atoms with Gasteiger partial charge in [-0.2, -0.15) is 0 Å². The van der Waals surface area contributed by atoms with Crippen molar-refractivity contribution in [1.82, 2.24) is 10.2 Å². The van der Waals surface area contributed by atoms with Crippen molar-refractivity contribution >= 4 is 34.7 Å². The maximum atomic E-state index is 12.6. The number of carbonyl (C=O) groups excluding carboxylic acids is 2. The fourth-order valence-electron chi connectivity index (χ4n) is 2.66. The van der Waals surface area contributed by atoms with Crippen molar-refractivity contribution in [3.8, 4) is 11.5 Å². The molecule has 0 bridgehead atoms. The summed E-state index contributed by atoms with van der Waals surface area (Å²) in [4.78, 5) is 25.8. The van der Waals surface area contributed by atoms with Gasteiger partial charge in [-0.25, -0.2) is 4.79 Å². The lowest BCUT2D eigenvalue weighted by atomic mass is 10.0. The Balaban J connectivity index is 1.49. The van der Waals surface area contributed by atoms with Gasteiger partial charge in [0.2, 0.25) is 11.7 Å². The maximum absolute atomic E-state index is 12.6. The molecule has 2 aromatic carbocycles. The summed E-state index contributed by atoms with van der Waals surface area (Å²) in [7, 11) is 0. The number of halogens is 1. The molecule has 4 aromatic rings. The quantitative estimate of drug-likeness (QED) is 0.318. The zero-order valence-corrected chi connectivity index (χ0v) is 16.4. The van der Waals surface area contributed by atoms with Crippen LogP contribution in [0.25, 0.3) is 11.5 Å². The van der Waals surface area contributed by atoms with Crippen LogP contribution in [0.3, 0.4) is 0 Å². The van der Waals surface area contributed by atoms with E-state index in [2.05, 4.69) is 10.2 Å². The van der Waals surface area contributed by atoms with Gasteiger partial charge in [0, 0.05) is 5.56 Å². The zero-order chi connectivity index (χ0) is 20.2. The molecular weight excluding hydrogens is 412 g/mol. The molecule has 0 radical (unpaired) electrons. The van der Waals surface area contributed by atoms with E-state index >= 15 is 0 Å². The molecule has 29 heavy (non-hydrogen) atoms. The Hall–Kier alpha value is -3.29. The van der Waals surface area contributed by atoms with Crippen molar-refractivity contribution in [3.05, 3.63) is 93.0 Å². The predicted octanol–water partition coefficient (Wildman–Crippen LogP) is 5.04. The fraction of sp³-hybridized carbons (Fsp3) is 0.0476. The van der Waals surface area contributed by atoms with Gasteiger partial charge in [0.15, 0.2) is 6.61 Å². The molecule has 0 saturated carbocycles. The lowest BCUT2D eigenvalue weighted by molar-refractivity contribution is 0.0436. The first-order valence-corrected chi connectivity index (χ1v) is 9.81. The van der Waals surface area contributed by atoms with E-state index in [1.54, 1.807) is 66.0 Å². The van der Waals surface area contributed by atoms with Crippen LogP contribution in [0.2, 0.25) is 5.02 Å². The average molecular weight is 425 g/mol. The molecule has 4 rings (SSSR count). The molecule has 6 nitrogen and oxygen atoms in total. The predicted molar refractivity (Wildman–Crippen MR) is 108 cm³/mol. The molecule has 0 atom stereocenters. The molecule has 8 heteroatoms. The number of rotatable bonds is 6. The second-order valence-corrected chi connectivity index (χ2v) is 7.26. The topological polar surface area (TPSA) is 82.3 Å². The number of ether oxygens (including phenoxy) is 1. The number of aromatic nitrogens is 2. The van der Waals surface area contributed by atoms with Crippen LogP contribution in [0.1, 0.15) is 31.5 Å². The molecule has 0 aliphatic rings. The molecule has 0 fully saturated rings. The molecule has 2 aromatic heterocycles. The Morgan fingerprint density at radius 1 is 0.966 bits per heavy atom. The maximum Gasteiger partial charge on any atom is 0.339 e. The summed E-state index contributed by atoms with van der Waals surface area (Å²) in [5.74, 6) is -0.528. The molecule has 0 unspecified atom stereocenters. The van der Waals surface area contributed by atoms with Crippen LogP contribution in [0, 0.1) is 0 Å². The third-order valence-corrected chi connectivity index (χ3v) is 5.23. The van der Waals surface area contributed by atoms with Crippen LogP contribution < -0.4 is 0 Å². The van der Waals surface area contributed by atoms with Crippen molar-refractivity contribution in [3.63, 3.8) is 0 Å². The van der Waals surface area contributed by atoms with E-state index in [4.69, 9.17) is 20.8 Å². The van der Waals surface area contributed by atoms with Gasteiger partial charge >= 0.3 is 5.97 Å². The minimum Gasteiger partial charge on any atom is -0.452 e. The average Bonchev–Trinajstić information content (AvgIpc) is 3.44. The largest absolute Gasteiger partial charge is 0.452 e. The van der Waals surface area contributed by atoms with Gasteiger partial charge in [0.1, 0.15) is 0 Å². The number of thiophene rings is 1. The summed E-state index contributed by atoms with van der Waals surface area (Å²) in [5, 5.41) is 10.1. The molecule has 0 aliphatic carbocycles. The van der Waals surface area contributed by atoms with Gasteiger partial charge in [-0.3, -0.25) is 4.79 Å². The normalized spacial score (nSPS) is 10.7. The number of ketones is 1. The van der Waals surface area contributed by atoms with E-state index in [1.807, 2.05) is 0 Å². The van der Waals surface area contributed by atoms with Gasteiger partial charge in [0.05, 0.1) is 21.0 Å². The third kappa shape index (κ3) is 4.11. The molecule has 0 saturated heterocycles. The number of esters is 1. The highest BCUT2D eigenvalue weighted by atomic mass is 35.5. The molecule has 0 aliphatic heterocycles. The van der Waals surface area contributed by atoms with Crippen molar-refractivity contribution < 1.29 is 18.7 Å². The summed E-state index contributed by atoms with van der Waals surface area (Å²) in [6, 6.07) is 17.1. The summed E-state index contributed by atoms with van der Waals surface area (Å²) < 4.78 is 10.8. The first kappa shape index (κ1) is 19.0. The van der Waals surface area contributed by atoms with E-state index in [-0.39, 0.29) is 35.3 Å². The summed E-state index contributed by atoms with van der Waals surface area (Å²) in [6.45, 7) is -0.224. The monoisotopic (exact) mass is 424 g/mol. The van der Waals surface area contributed by atoms with Crippen LogP contribution in [0.5, 0.6) is 0 Å². The first-order chi connectivity index (χ1) is 14.1. The van der Waals surface area contributed by atoms with Crippen LogP contribution in [0.15, 0.2) is 70.5 Å². The Labute approximate surface area is 174 Å². The number of benzene rings is 2. The summed E-state index contributed by atoms with van der Waals surface area (Å²) in [6.07, 6.45) is 0. The van der Waals surface area contributed by atoms with E-state index in [0.717, 1.165) is 0 Å². The molecule has 0 amide bonds. The summed E-state index contributed by atoms with van der Waals surface area (Å²) >= 11 is 7.43. The fourth-order valence-corrected chi connectivity index (χ4v) is 3.55. The van der Waals surface area contributed by atoms with Crippen LogP contribution >= 0.6 is 22.9 Å². The number of hydrogen-bond acceptors (Lipinski definition) is 7. The van der Waals surface area contributed by atoms with Crippen LogP contribution in [-0.2, 0) is 11.3 Å². The lowest BCUT2D eigenvalue weighted by Crippen LogP contribution is -2.12. The van der Waals surface area contributed by atoms with Crippen molar-refractivity contribution in [2.75, 3.05) is 0 Å². The van der Waals surface area contributed by atoms with Crippen LogP contribution in [-0.4, -0.2) is 21.9 Å². The standard InChI is InChI=1S/C21H13ClN2O4S/c22-16-9-4-3-8-15(16)20-24-23-18(28-20)12-27-21(26)14-7-2-1-6-13(14)19(25)17-10-5-11-29-17/h1-11H,12H2. The number of hydrogen-bond donors (Lipinski definition) is 0. The summed E-state index contributed by atoms with van der Waals surface area (Å²) in [5.41, 5.74) is 1.05. The highest BCUT2D eigenvalue weighted by Crippen LogP contribution is 2.26. The van der Waals surface area contributed by atoms with Crippen molar-refractivity contribution in [2.45, 2.75) is 6.61 Å². The lowest BCUT2D eigenvalue weighted by Gasteiger charge is -2.07. The minimum atomic E-state index is -0.650. The number of carbonyl (C=O) groups is 2. The van der Waals surface area contributed by atoms with E-state index in [9.17, 15) is 9.59 Å². The van der Waals surface area contributed by atoms with Gasteiger partial charge < -0.3 is 9.15 Å². The van der Waals surface area contributed by atoms with Gasteiger partial charge in [-0.1, -0.05) is 48.0 Å². The molecule has 144 valence electrons. The Bertz CT molecular complexity index is 1170. The highest BCUT2D eigenvalue weighted by molar-refractivity contribution is 7.12. The molecule has 0 spiro atoms. The first-order valence-electron chi connectivity index (χ1n) is 8.55. The third-order valence-electron chi connectivity index (χ3n) is 4.03. The van der Waals surface area contributed by atoms with Gasteiger partial charge in [-0.05, 0) is 29.6 Å².